The monoisotopic (exact) mass is 385 g/mol. The average Bonchev–Trinajstić information content (AvgIpc) is 2.68. The van der Waals surface area contributed by atoms with Crippen LogP contribution in [0.1, 0.15) is 24.2 Å². The average molecular weight is 385 g/mol. The fraction of sp³-hybridized carbons (Fsp3) is 0.300. The third-order valence-electron chi connectivity index (χ3n) is 3.69. The summed E-state index contributed by atoms with van der Waals surface area (Å²) in [6.07, 6.45) is 0. The molecule has 0 unspecified atom stereocenters. The Balaban J connectivity index is 1.73. The highest BCUT2D eigenvalue weighted by Crippen LogP contribution is 2.15. The summed E-state index contributed by atoms with van der Waals surface area (Å²) in [6.45, 7) is 3.24. The molecule has 0 aliphatic rings. The number of hydrogen-bond donors (Lipinski definition) is 3. The number of rotatable bonds is 7. The second-order valence-electron chi connectivity index (χ2n) is 6.56. The zero-order valence-corrected chi connectivity index (χ0v) is 15.8. The number of esters is 1. The van der Waals surface area contributed by atoms with Crippen molar-refractivity contribution >= 4 is 34.6 Å². The zero-order chi connectivity index (χ0) is 20.5. The third kappa shape index (κ3) is 6.71. The van der Waals surface area contributed by atoms with Crippen LogP contribution < -0.4 is 16.0 Å². The Kier molecular flexibility index (Phi) is 7.50. The molecule has 0 aliphatic heterocycles. The number of urea groups is 1. The van der Waals surface area contributed by atoms with Crippen LogP contribution in [0.2, 0.25) is 0 Å². The standard InChI is InChI=1S/C20H23N3O5/c1-13(2)10-22-20(27)23-17(24)12-28-18(25)11-21-19(26)16-8-7-14-5-3-4-6-15(14)9-16/h3-9,13H,10-12H2,1-2H3,(H,21,26)(H2,22,23,24,27). The molecule has 0 saturated heterocycles. The molecule has 2 aromatic rings. The van der Waals surface area contributed by atoms with Crippen molar-refractivity contribution in [2.75, 3.05) is 19.7 Å². The molecular formula is C20H23N3O5. The van der Waals surface area contributed by atoms with Crippen LogP contribution in [-0.4, -0.2) is 43.5 Å². The number of fused-ring (bicyclic) bond motifs is 1. The number of ether oxygens (including phenoxy) is 1. The Morgan fingerprint density at radius 2 is 1.68 bits per heavy atom. The van der Waals surface area contributed by atoms with E-state index in [1.165, 1.54) is 0 Å². The third-order valence-corrected chi connectivity index (χ3v) is 3.69. The quantitative estimate of drug-likeness (QED) is 0.627. The van der Waals surface area contributed by atoms with E-state index in [-0.39, 0.29) is 5.92 Å². The summed E-state index contributed by atoms with van der Waals surface area (Å²) < 4.78 is 4.74. The number of benzene rings is 2. The number of carbonyl (C=O) groups excluding carboxylic acids is 4. The van der Waals surface area contributed by atoms with Gasteiger partial charge >= 0.3 is 12.0 Å². The maximum atomic E-state index is 12.2. The Bertz CT molecular complexity index is 879. The molecule has 0 saturated carbocycles. The lowest BCUT2D eigenvalue weighted by molar-refractivity contribution is -0.147. The van der Waals surface area contributed by atoms with Crippen molar-refractivity contribution in [3.05, 3.63) is 48.0 Å². The highest BCUT2D eigenvalue weighted by molar-refractivity contribution is 6.00. The molecule has 0 radical (unpaired) electrons. The van der Waals surface area contributed by atoms with E-state index < -0.39 is 37.0 Å². The summed E-state index contributed by atoms with van der Waals surface area (Å²) in [5.74, 6) is -1.73. The van der Waals surface area contributed by atoms with Gasteiger partial charge in [0.2, 0.25) is 0 Å². The molecule has 0 atom stereocenters. The van der Waals surface area contributed by atoms with Crippen molar-refractivity contribution in [3.63, 3.8) is 0 Å². The Hall–Kier alpha value is -3.42. The van der Waals surface area contributed by atoms with Crippen molar-refractivity contribution < 1.29 is 23.9 Å². The van der Waals surface area contributed by atoms with E-state index in [1.54, 1.807) is 12.1 Å². The Morgan fingerprint density at radius 3 is 2.39 bits per heavy atom. The van der Waals surface area contributed by atoms with E-state index >= 15 is 0 Å². The van der Waals surface area contributed by atoms with Crippen molar-refractivity contribution in [3.8, 4) is 0 Å². The predicted octanol–water partition coefficient (Wildman–Crippen LogP) is 1.59. The molecule has 3 N–H and O–H groups in total. The fourth-order valence-corrected chi connectivity index (χ4v) is 2.29. The molecule has 0 bridgehead atoms. The smallest absolute Gasteiger partial charge is 0.325 e. The molecule has 0 aliphatic carbocycles. The Morgan fingerprint density at radius 1 is 0.964 bits per heavy atom. The van der Waals surface area contributed by atoms with E-state index in [1.807, 2.05) is 49.5 Å². The van der Waals surface area contributed by atoms with Gasteiger partial charge in [-0.15, -0.1) is 0 Å². The van der Waals surface area contributed by atoms with Gasteiger partial charge in [0.1, 0.15) is 6.54 Å². The maximum Gasteiger partial charge on any atom is 0.325 e. The van der Waals surface area contributed by atoms with E-state index in [0.717, 1.165) is 10.8 Å². The maximum absolute atomic E-state index is 12.2. The first-order chi connectivity index (χ1) is 13.3. The molecule has 8 heteroatoms. The summed E-state index contributed by atoms with van der Waals surface area (Å²) in [4.78, 5) is 46.8. The van der Waals surface area contributed by atoms with Crippen LogP contribution in [0.4, 0.5) is 4.79 Å². The van der Waals surface area contributed by atoms with Crippen molar-refractivity contribution in [1.29, 1.82) is 0 Å². The van der Waals surface area contributed by atoms with Gasteiger partial charge in [-0.1, -0.05) is 44.2 Å². The highest BCUT2D eigenvalue weighted by Gasteiger charge is 2.13. The molecule has 2 rings (SSSR count). The minimum absolute atomic E-state index is 0.241. The minimum atomic E-state index is -0.785. The summed E-state index contributed by atoms with van der Waals surface area (Å²) in [5.41, 5.74) is 0.408. The first-order valence-corrected chi connectivity index (χ1v) is 8.85. The number of hydrogen-bond acceptors (Lipinski definition) is 5. The van der Waals surface area contributed by atoms with E-state index in [4.69, 9.17) is 4.74 Å². The largest absolute Gasteiger partial charge is 0.454 e. The normalized spacial score (nSPS) is 10.4. The van der Waals surface area contributed by atoms with Gasteiger partial charge in [0.15, 0.2) is 6.61 Å². The highest BCUT2D eigenvalue weighted by atomic mass is 16.5. The molecule has 148 valence electrons. The minimum Gasteiger partial charge on any atom is -0.454 e. The van der Waals surface area contributed by atoms with Gasteiger partial charge in [-0.05, 0) is 28.8 Å². The first-order valence-electron chi connectivity index (χ1n) is 8.85. The van der Waals surface area contributed by atoms with Crippen LogP contribution in [0.25, 0.3) is 10.8 Å². The predicted molar refractivity (Wildman–Crippen MR) is 104 cm³/mol. The second kappa shape index (κ2) is 10.1. The summed E-state index contributed by atoms with van der Waals surface area (Å²) >= 11 is 0. The lowest BCUT2D eigenvalue weighted by atomic mass is 10.1. The van der Waals surface area contributed by atoms with Crippen LogP contribution >= 0.6 is 0 Å². The van der Waals surface area contributed by atoms with E-state index in [2.05, 4.69) is 10.6 Å². The lowest BCUT2D eigenvalue weighted by Crippen LogP contribution is -2.43. The van der Waals surface area contributed by atoms with Gasteiger partial charge in [0.05, 0.1) is 0 Å². The lowest BCUT2D eigenvalue weighted by Gasteiger charge is -2.09. The fourth-order valence-electron chi connectivity index (χ4n) is 2.29. The first kappa shape index (κ1) is 20.9. The van der Waals surface area contributed by atoms with Crippen LogP contribution in [0, 0.1) is 5.92 Å². The molecule has 4 amide bonds. The van der Waals surface area contributed by atoms with Gasteiger partial charge in [-0.25, -0.2) is 4.79 Å². The molecular weight excluding hydrogens is 362 g/mol. The van der Waals surface area contributed by atoms with Gasteiger partial charge in [0, 0.05) is 12.1 Å². The van der Waals surface area contributed by atoms with Crippen molar-refractivity contribution in [2.24, 2.45) is 5.92 Å². The van der Waals surface area contributed by atoms with Gasteiger partial charge in [-0.3, -0.25) is 19.7 Å². The van der Waals surface area contributed by atoms with Crippen LogP contribution in [0.3, 0.4) is 0 Å². The molecule has 28 heavy (non-hydrogen) atoms. The summed E-state index contributed by atoms with van der Waals surface area (Å²) in [6, 6.07) is 12.1. The molecule has 0 spiro atoms. The number of amides is 4. The number of imide groups is 1. The van der Waals surface area contributed by atoms with Crippen LogP contribution in [0.15, 0.2) is 42.5 Å². The van der Waals surface area contributed by atoms with Crippen molar-refractivity contribution in [2.45, 2.75) is 13.8 Å². The number of carbonyl (C=O) groups is 4. The molecule has 0 aromatic heterocycles. The SMILES string of the molecule is CC(C)CNC(=O)NC(=O)COC(=O)CNC(=O)c1ccc2ccccc2c1. The summed E-state index contributed by atoms with van der Waals surface area (Å²) in [7, 11) is 0. The van der Waals surface area contributed by atoms with Crippen molar-refractivity contribution in [1.82, 2.24) is 16.0 Å². The topological polar surface area (TPSA) is 114 Å². The van der Waals surface area contributed by atoms with Gasteiger partial charge in [-0.2, -0.15) is 0 Å². The molecule has 0 fully saturated rings. The van der Waals surface area contributed by atoms with Gasteiger partial charge < -0.3 is 15.4 Å². The van der Waals surface area contributed by atoms with Gasteiger partial charge in [0.25, 0.3) is 11.8 Å². The van der Waals surface area contributed by atoms with E-state index in [9.17, 15) is 19.2 Å². The zero-order valence-electron chi connectivity index (χ0n) is 15.8. The molecule has 8 nitrogen and oxygen atoms in total. The number of nitrogens with one attached hydrogen (secondary N) is 3. The molecule has 2 aromatic carbocycles. The summed E-state index contributed by atoms with van der Waals surface area (Å²) in [5, 5.41) is 8.89. The van der Waals surface area contributed by atoms with Crippen LogP contribution in [-0.2, 0) is 14.3 Å². The second-order valence-corrected chi connectivity index (χ2v) is 6.56. The molecule has 0 heterocycles. The van der Waals surface area contributed by atoms with Crippen LogP contribution in [0.5, 0.6) is 0 Å². The Labute approximate surface area is 162 Å². The van der Waals surface area contributed by atoms with E-state index in [0.29, 0.717) is 12.1 Å².